The summed E-state index contributed by atoms with van der Waals surface area (Å²) in [5.74, 6) is -1.43. The predicted octanol–water partition coefficient (Wildman–Crippen LogP) is -1.30. The van der Waals surface area contributed by atoms with Gasteiger partial charge in [-0.2, -0.15) is 0 Å². The van der Waals surface area contributed by atoms with Crippen LogP contribution in [0.25, 0.3) is 0 Å². The summed E-state index contributed by atoms with van der Waals surface area (Å²) in [5.41, 5.74) is -0.225. The van der Waals surface area contributed by atoms with Gasteiger partial charge in [-0.25, -0.2) is 13.2 Å². The van der Waals surface area contributed by atoms with E-state index in [9.17, 15) is 13.2 Å². The van der Waals surface area contributed by atoms with Crippen molar-refractivity contribution < 1.29 is 63.5 Å². The number of hydrogen-bond acceptors (Lipinski definition) is 6. The molecule has 10 heteroatoms. The van der Waals surface area contributed by atoms with Crippen molar-refractivity contribution in [1.29, 1.82) is 0 Å². The van der Waals surface area contributed by atoms with Crippen molar-refractivity contribution >= 4 is 27.4 Å². The molecule has 1 N–H and O–H groups in total. The fourth-order valence-corrected chi connectivity index (χ4v) is 3.13. The SMILES string of the molecule is CS(=O)(=O)c1ccc(C(=O)O)c(Cl)c1OCCC1OCCO1.[H-].[Na+]. The van der Waals surface area contributed by atoms with E-state index in [1.807, 2.05) is 0 Å². The van der Waals surface area contributed by atoms with Crippen LogP contribution >= 0.6 is 11.6 Å². The van der Waals surface area contributed by atoms with E-state index in [1.54, 1.807) is 0 Å². The number of halogens is 1. The monoisotopic (exact) mass is 374 g/mol. The van der Waals surface area contributed by atoms with Crippen LogP contribution in [0, 0.1) is 0 Å². The number of hydrogen-bond donors (Lipinski definition) is 1. The van der Waals surface area contributed by atoms with Crippen molar-refractivity contribution in [3.8, 4) is 5.75 Å². The van der Waals surface area contributed by atoms with Crippen molar-refractivity contribution in [1.82, 2.24) is 0 Å². The molecule has 1 saturated heterocycles. The zero-order valence-corrected chi connectivity index (χ0v) is 16.3. The molecule has 1 fully saturated rings. The van der Waals surface area contributed by atoms with Gasteiger partial charge in [0.1, 0.15) is 4.90 Å². The van der Waals surface area contributed by atoms with E-state index in [4.69, 9.17) is 30.9 Å². The molecule has 7 nitrogen and oxygen atoms in total. The van der Waals surface area contributed by atoms with Crippen molar-refractivity contribution in [2.24, 2.45) is 0 Å². The van der Waals surface area contributed by atoms with E-state index in [0.717, 1.165) is 12.3 Å². The number of sulfone groups is 1. The van der Waals surface area contributed by atoms with Crippen molar-refractivity contribution in [3.05, 3.63) is 22.7 Å². The van der Waals surface area contributed by atoms with Crippen LogP contribution in [-0.4, -0.2) is 51.9 Å². The molecule has 0 radical (unpaired) electrons. The molecule has 0 saturated carbocycles. The fraction of sp³-hybridized carbons (Fsp3) is 0.462. The minimum absolute atomic E-state index is 0. The molecule has 0 atom stereocenters. The smallest absolute Gasteiger partial charge is 1.00 e. The minimum atomic E-state index is -3.61. The second-order valence-corrected chi connectivity index (χ2v) is 7.00. The molecule has 0 aromatic heterocycles. The summed E-state index contributed by atoms with van der Waals surface area (Å²) in [4.78, 5) is 10.9. The fourth-order valence-electron chi connectivity index (χ4n) is 1.96. The summed E-state index contributed by atoms with van der Waals surface area (Å²) in [7, 11) is -3.61. The maximum atomic E-state index is 11.8. The molecule has 1 heterocycles. The third-order valence-corrected chi connectivity index (χ3v) is 4.48. The van der Waals surface area contributed by atoms with Gasteiger partial charge in [-0.3, -0.25) is 0 Å². The van der Waals surface area contributed by atoms with Crippen LogP contribution in [0.3, 0.4) is 0 Å². The van der Waals surface area contributed by atoms with Crippen LogP contribution in [0.4, 0.5) is 0 Å². The van der Waals surface area contributed by atoms with Gasteiger partial charge in [0, 0.05) is 12.7 Å². The Balaban J connectivity index is 0.00000264. The first-order valence-corrected chi connectivity index (χ1v) is 8.69. The third-order valence-electron chi connectivity index (χ3n) is 2.98. The van der Waals surface area contributed by atoms with E-state index >= 15 is 0 Å². The van der Waals surface area contributed by atoms with Gasteiger partial charge in [0.2, 0.25) is 0 Å². The number of rotatable bonds is 6. The zero-order chi connectivity index (χ0) is 16.3. The minimum Gasteiger partial charge on any atom is -1.00 e. The summed E-state index contributed by atoms with van der Waals surface area (Å²) in [6.07, 6.45) is 0.953. The molecule has 0 amide bonds. The van der Waals surface area contributed by atoms with Gasteiger partial charge >= 0.3 is 35.5 Å². The maximum absolute atomic E-state index is 11.8. The van der Waals surface area contributed by atoms with Crippen LogP contribution in [0.2, 0.25) is 5.02 Å². The molecule has 1 aliphatic heterocycles. The van der Waals surface area contributed by atoms with Crippen LogP contribution in [0.15, 0.2) is 17.0 Å². The first-order chi connectivity index (χ1) is 10.3. The Hall–Kier alpha value is -0.350. The van der Waals surface area contributed by atoms with Gasteiger partial charge in [0.25, 0.3) is 0 Å². The summed E-state index contributed by atoms with van der Waals surface area (Å²) in [6.45, 7) is 1.07. The first-order valence-electron chi connectivity index (χ1n) is 6.42. The number of benzene rings is 1. The maximum Gasteiger partial charge on any atom is 1.00 e. The Morgan fingerprint density at radius 1 is 1.43 bits per heavy atom. The molecular weight excluding hydrogens is 359 g/mol. The third kappa shape index (κ3) is 5.32. The van der Waals surface area contributed by atoms with Crippen LogP contribution in [0.1, 0.15) is 18.2 Å². The van der Waals surface area contributed by atoms with E-state index in [2.05, 4.69) is 0 Å². The second-order valence-electron chi connectivity index (χ2n) is 4.64. The normalized spacial score (nSPS) is 15.2. The predicted molar refractivity (Wildman–Crippen MR) is 78.4 cm³/mol. The number of carboxylic acid groups (broad SMARTS) is 1. The van der Waals surface area contributed by atoms with E-state index in [0.29, 0.717) is 19.6 Å². The molecule has 1 aliphatic rings. The van der Waals surface area contributed by atoms with E-state index in [1.165, 1.54) is 6.07 Å². The van der Waals surface area contributed by atoms with Crippen LogP contribution < -0.4 is 34.3 Å². The molecule has 1 aromatic carbocycles. The van der Waals surface area contributed by atoms with Crippen LogP contribution in [-0.2, 0) is 19.3 Å². The molecular formula is C13H16ClNaO7S. The Bertz CT molecular complexity index is 677. The van der Waals surface area contributed by atoms with Gasteiger partial charge in [-0.1, -0.05) is 11.6 Å². The molecule has 23 heavy (non-hydrogen) atoms. The molecule has 2 rings (SSSR count). The summed E-state index contributed by atoms with van der Waals surface area (Å²) in [6, 6.07) is 2.31. The van der Waals surface area contributed by atoms with Gasteiger partial charge in [-0.05, 0) is 12.1 Å². The van der Waals surface area contributed by atoms with Crippen molar-refractivity contribution in [3.63, 3.8) is 0 Å². The summed E-state index contributed by atoms with van der Waals surface area (Å²) < 4.78 is 39.4. The van der Waals surface area contributed by atoms with Gasteiger partial charge in [0.15, 0.2) is 21.9 Å². The Kier molecular flexibility index (Phi) is 7.79. The molecule has 1 aromatic rings. The Labute approximate surface area is 162 Å². The number of aromatic carboxylic acids is 1. The molecule has 0 bridgehead atoms. The van der Waals surface area contributed by atoms with E-state index in [-0.39, 0.29) is 58.8 Å². The molecule has 0 spiro atoms. The standard InChI is InChI=1S/C13H15ClO7S.Na.H/c1-22(17,18)9-3-2-8(13(15)16)11(14)12(9)21-5-4-10-19-6-7-20-10;;/h2-3,10H,4-7H2,1H3,(H,15,16);;/q;+1;-1. The number of ether oxygens (including phenoxy) is 3. The Morgan fingerprint density at radius 2 is 2.04 bits per heavy atom. The largest absolute Gasteiger partial charge is 1.00 e. The Morgan fingerprint density at radius 3 is 2.57 bits per heavy atom. The van der Waals surface area contributed by atoms with Gasteiger partial charge < -0.3 is 20.7 Å². The molecule has 124 valence electrons. The quantitative estimate of drug-likeness (QED) is 0.618. The van der Waals surface area contributed by atoms with Crippen LogP contribution in [0.5, 0.6) is 5.75 Å². The van der Waals surface area contributed by atoms with E-state index < -0.39 is 22.1 Å². The van der Waals surface area contributed by atoms with Gasteiger partial charge in [-0.15, -0.1) is 0 Å². The molecule has 0 aliphatic carbocycles. The van der Waals surface area contributed by atoms with Gasteiger partial charge in [0.05, 0.1) is 30.4 Å². The number of carboxylic acids is 1. The first kappa shape index (κ1) is 20.7. The van der Waals surface area contributed by atoms with Crippen molar-refractivity contribution in [2.45, 2.75) is 17.6 Å². The second kappa shape index (κ2) is 8.66. The topological polar surface area (TPSA) is 99.1 Å². The summed E-state index contributed by atoms with van der Waals surface area (Å²) in [5, 5.41) is 8.81. The summed E-state index contributed by atoms with van der Waals surface area (Å²) >= 11 is 5.98. The average molecular weight is 375 g/mol. The number of carbonyl (C=O) groups is 1. The molecule has 0 unspecified atom stereocenters. The zero-order valence-electron chi connectivity index (χ0n) is 13.7. The average Bonchev–Trinajstić information content (AvgIpc) is 2.91. The van der Waals surface area contributed by atoms with Crippen molar-refractivity contribution in [2.75, 3.05) is 26.1 Å².